The summed E-state index contributed by atoms with van der Waals surface area (Å²) in [6, 6.07) is 8.47. The van der Waals surface area contributed by atoms with Crippen LogP contribution < -0.4 is 4.90 Å². The molecule has 1 amide bonds. The molecule has 1 aromatic carbocycles. The van der Waals surface area contributed by atoms with E-state index < -0.39 is 5.41 Å². The Kier molecular flexibility index (Phi) is 3.27. The molecular weight excluding hydrogens is 269 g/mol. The predicted molar refractivity (Wildman–Crippen MR) is 78.4 cm³/mol. The summed E-state index contributed by atoms with van der Waals surface area (Å²) in [4.78, 5) is 14.3. The van der Waals surface area contributed by atoms with Crippen molar-refractivity contribution in [2.75, 3.05) is 11.9 Å². The third-order valence-corrected chi connectivity index (χ3v) is 4.14. The molecule has 5 heteroatoms. The van der Waals surface area contributed by atoms with E-state index in [-0.39, 0.29) is 11.7 Å². The van der Waals surface area contributed by atoms with Gasteiger partial charge in [-0.2, -0.15) is 5.10 Å². The number of hydrogen-bond donors (Lipinski definition) is 0. The van der Waals surface area contributed by atoms with Gasteiger partial charge in [0.25, 0.3) is 0 Å². The normalized spacial score (nSPS) is 15.8. The number of nitrogens with zero attached hydrogens (tertiary/aromatic N) is 3. The number of carbonyl (C=O) groups excluding carboxylic acids is 1. The number of aromatic nitrogens is 2. The molecule has 0 N–H and O–H groups in total. The standard InChI is InChI=1S/C16H18FN3O/c1-19-10-7-14(18-19)20(2)15(21)16(8-9-16)11-12-5-3-4-6-13(12)17/h3-7,10H,8-9,11H2,1-2H3. The summed E-state index contributed by atoms with van der Waals surface area (Å²) in [6.45, 7) is 0. The molecule has 1 fully saturated rings. The third-order valence-electron chi connectivity index (χ3n) is 4.14. The summed E-state index contributed by atoms with van der Waals surface area (Å²) in [7, 11) is 3.54. The fourth-order valence-corrected chi connectivity index (χ4v) is 2.66. The molecule has 21 heavy (non-hydrogen) atoms. The summed E-state index contributed by atoms with van der Waals surface area (Å²) in [5, 5.41) is 4.25. The van der Waals surface area contributed by atoms with E-state index in [9.17, 15) is 9.18 Å². The zero-order valence-electron chi connectivity index (χ0n) is 12.2. The largest absolute Gasteiger partial charge is 0.298 e. The van der Waals surface area contributed by atoms with Crippen LogP contribution in [0.15, 0.2) is 36.5 Å². The van der Waals surface area contributed by atoms with Crippen LogP contribution in [0.5, 0.6) is 0 Å². The predicted octanol–water partition coefficient (Wildman–Crippen LogP) is 2.54. The van der Waals surface area contributed by atoms with Crippen LogP contribution in [0.4, 0.5) is 10.2 Å². The minimum absolute atomic E-state index is 0.0180. The fraction of sp³-hybridized carbons (Fsp3) is 0.375. The quantitative estimate of drug-likeness (QED) is 0.866. The lowest BCUT2D eigenvalue weighted by Crippen LogP contribution is -2.35. The highest BCUT2D eigenvalue weighted by Gasteiger charge is 2.51. The lowest BCUT2D eigenvalue weighted by Gasteiger charge is -2.22. The van der Waals surface area contributed by atoms with Gasteiger partial charge in [-0.1, -0.05) is 18.2 Å². The number of halogens is 1. The molecule has 1 aliphatic carbocycles. The monoisotopic (exact) mass is 287 g/mol. The summed E-state index contributed by atoms with van der Waals surface area (Å²) in [5.74, 6) is 0.406. The maximum atomic E-state index is 13.8. The van der Waals surface area contributed by atoms with Gasteiger partial charge in [0.1, 0.15) is 5.82 Å². The van der Waals surface area contributed by atoms with Gasteiger partial charge < -0.3 is 0 Å². The highest BCUT2D eigenvalue weighted by molar-refractivity contribution is 5.98. The van der Waals surface area contributed by atoms with Gasteiger partial charge in [0.2, 0.25) is 5.91 Å². The van der Waals surface area contributed by atoms with Gasteiger partial charge in [-0.3, -0.25) is 14.4 Å². The van der Waals surface area contributed by atoms with Crippen molar-refractivity contribution in [2.24, 2.45) is 12.5 Å². The van der Waals surface area contributed by atoms with E-state index >= 15 is 0 Å². The van der Waals surface area contributed by atoms with E-state index in [1.54, 1.807) is 47.1 Å². The second kappa shape index (κ2) is 4.98. The molecule has 0 aliphatic heterocycles. The Hall–Kier alpha value is -2.17. The lowest BCUT2D eigenvalue weighted by molar-refractivity contribution is -0.123. The first-order valence-electron chi connectivity index (χ1n) is 7.03. The van der Waals surface area contributed by atoms with Crippen LogP contribution >= 0.6 is 0 Å². The minimum atomic E-state index is -0.464. The molecule has 1 aromatic heterocycles. The van der Waals surface area contributed by atoms with Crippen LogP contribution in [0.25, 0.3) is 0 Å². The molecule has 0 spiro atoms. The van der Waals surface area contributed by atoms with Gasteiger partial charge in [-0.15, -0.1) is 0 Å². The second-order valence-electron chi connectivity index (χ2n) is 5.76. The first-order chi connectivity index (χ1) is 10.0. The Morgan fingerprint density at radius 1 is 1.38 bits per heavy atom. The number of aryl methyl sites for hydroxylation is 1. The average Bonchev–Trinajstić information content (AvgIpc) is 3.13. The zero-order valence-corrected chi connectivity index (χ0v) is 12.2. The molecule has 2 aromatic rings. The number of carbonyl (C=O) groups is 1. The molecule has 4 nitrogen and oxygen atoms in total. The maximum Gasteiger partial charge on any atom is 0.234 e. The molecule has 0 bridgehead atoms. The Labute approximate surface area is 123 Å². The van der Waals surface area contributed by atoms with Crippen molar-refractivity contribution >= 4 is 11.7 Å². The van der Waals surface area contributed by atoms with Gasteiger partial charge in [-0.25, -0.2) is 4.39 Å². The summed E-state index contributed by atoms with van der Waals surface area (Å²) < 4.78 is 15.5. The van der Waals surface area contributed by atoms with Crippen molar-refractivity contribution in [3.05, 3.63) is 47.9 Å². The molecule has 0 radical (unpaired) electrons. The van der Waals surface area contributed by atoms with Crippen LogP contribution in [0.1, 0.15) is 18.4 Å². The second-order valence-corrected chi connectivity index (χ2v) is 5.76. The summed E-state index contributed by atoms with van der Waals surface area (Å²) >= 11 is 0. The van der Waals surface area contributed by atoms with Gasteiger partial charge in [0.05, 0.1) is 5.41 Å². The smallest absolute Gasteiger partial charge is 0.234 e. The van der Waals surface area contributed by atoms with Gasteiger partial charge >= 0.3 is 0 Å². The summed E-state index contributed by atoms with van der Waals surface area (Å²) in [5.41, 5.74) is 0.145. The molecule has 110 valence electrons. The van der Waals surface area contributed by atoms with E-state index in [1.165, 1.54) is 6.07 Å². The van der Waals surface area contributed by atoms with Crippen molar-refractivity contribution in [2.45, 2.75) is 19.3 Å². The Bertz CT molecular complexity index is 676. The van der Waals surface area contributed by atoms with Crippen molar-refractivity contribution in [3.63, 3.8) is 0 Å². The van der Waals surface area contributed by atoms with Crippen LogP contribution in [0.2, 0.25) is 0 Å². The third kappa shape index (κ3) is 2.55. The molecule has 3 rings (SSSR count). The van der Waals surface area contributed by atoms with E-state index in [0.717, 1.165) is 12.8 Å². The maximum absolute atomic E-state index is 13.8. The van der Waals surface area contributed by atoms with Crippen LogP contribution in [-0.4, -0.2) is 22.7 Å². The first-order valence-corrected chi connectivity index (χ1v) is 7.03. The van der Waals surface area contributed by atoms with Crippen molar-refractivity contribution in [3.8, 4) is 0 Å². The number of rotatable bonds is 4. The number of hydrogen-bond acceptors (Lipinski definition) is 2. The van der Waals surface area contributed by atoms with Gasteiger partial charge in [-0.05, 0) is 30.9 Å². The Morgan fingerprint density at radius 2 is 2.10 bits per heavy atom. The van der Waals surface area contributed by atoms with Crippen LogP contribution in [-0.2, 0) is 18.3 Å². The number of benzene rings is 1. The van der Waals surface area contributed by atoms with Crippen LogP contribution in [0, 0.1) is 11.2 Å². The van der Waals surface area contributed by atoms with E-state index in [0.29, 0.717) is 17.8 Å². The van der Waals surface area contributed by atoms with Crippen molar-refractivity contribution in [1.29, 1.82) is 0 Å². The SMILES string of the molecule is CN(C(=O)C1(Cc2ccccc2F)CC1)c1ccn(C)n1. The lowest BCUT2D eigenvalue weighted by atomic mass is 9.94. The van der Waals surface area contributed by atoms with Gasteiger partial charge in [0.15, 0.2) is 5.82 Å². The van der Waals surface area contributed by atoms with E-state index in [2.05, 4.69) is 5.10 Å². The Morgan fingerprint density at radius 3 is 2.67 bits per heavy atom. The van der Waals surface area contributed by atoms with Crippen molar-refractivity contribution in [1.82, 2.24) is 9.78 Å². The molecule has 1 heterocycles. The molecular formula is C16H18FN3O. The minimum Gasteiger partial charge on any atom is -0.298 e. The molecule has 1 aliphatic rings. The fourth-order valence-electron chi connectivity index (χ4n) is 2.66. The summed E-state index contributed by atoms with van der Waals surface area (Å²) in [6.07, 6.45) is 3.86. The zero-order chi connectivity index (χ0) is 15.0. The number of anilines is 1. The molecule has 1 saturated carbocycles. The van der Waals surface area contributed by atoms with Gasteiger partial charge in [0, 0.05) is 26.4 Å². The molecule has 0 atom stereocenters. The highest BCUT2D eigenvalue weighted by Crippen LogP contribution is 2.50. The topological polar surface area (TPSA) is 38.1 Å². The molecule has 0 saturated heterocycles. The average molecular weight is 287 g/mol. The Balaban J connectivity index is 1.79. The van der Waals surface area contributed by atoms with Crippen LogP contribution in [0.3, 0.4) is 0 Å². The highest BCUT2D eigenvalue weighted by atomic mass is 19.1. The van der Waals surface area contributed by atoms with E-state index in [1.807, 2.05) is 7.05 Å². The van der Waals surface area contributed by atoms with E-state index in [4.69, 9.17) is 0 Å². The van der Waals surface area contributed by atoms with Crippen molar-refractivity contribution < 1.29 is 9.18 Å². The molecule has 0 unspecified atom stereocenters. The first kappa shape index (κ1) is 13.8. The number of amides is 1.